The molecule has 0 heterocycles. The van der Waals surface area contributed by atoms with Crippen molar-refractivity contribution in [1.29, 1.82) is 0 Å². The van der Waals surface area contributed by atoms with Gasteiger partial charge < -0.3 is 0 Å². The molecule has 2 heteroatoms. The SMILES string of the molecule is C[C@@]12CC[C@@H]3[C@H](CC(F)=C4CCCC[C@]43C)[C@H]1CCC2=O. The zero-order valence-electron chi connectivity index (χ0n) is 13.4. The van der Waals surface area contributed by atoms with Gasteiger partial charge in [0.05, 0.1) is 5.83 Å². The number of Topliss-reactive ketones (excluding diaryl/α,β-unsaturated/α-hetero) is 1. The lowest BCUT2D eigenvalue weighted by molar-refractivity contribution is -0.132. The Morgan fingerprint density at radius 2 is 1.76 bits per heavy atom. The molecule has 0 unspecified atom stereocenters. The van der Waals surface area contributed by atoms with Crippen LogP contribution in [0.1, 0.15) is 71.6 Å². The van der Waals surface area contributed by atoms with E-state index >= 15 is 0 Å². The predicted molar refractivity (Wildman–Crippen MR) is 81.4 cm³/mol. The number of hydrogen-bond acceptors (Lipinski definition) is 1. The van der Waals surface area contributed by atoms with Crippen molar-refractivity contribution in [3.63, 3.8) is 0 Å². The van der Waals surface area contributed by atoms with E-state index in [1.54, 1.807) is 0 Å². The third-order valence-electron chi connectivity index (χ3n) is 7.77. The molecule has 0 aromatic rings. The van der Waals surface area contributed by atoms with Crippen LogP contribution in [-0.2, 0) is 4.79 Å². The number of rotatable bonds is 0. The highest BCUT2D eigenvalue weighted by Crippen LogP contribution is 2.65. The van der Waals surface area contributed by atoms with Gasteiger partial charge >= 0.3 is 0 Å². The summed E-state index contributed by atoms with van der Waals surface area (Å²) in [6.07, 6.45) is 9.10. The quantitative estimate of drug-likeness (QED) is 0.599. The zero-order chi connectivity index (χ0) is 14.8. The Morgan fingerprint density at radius 1 is 1.00 bits per heavy atom. The van der Waals surface area contributed by atoms with Gasteiger partial charge in [0.15, 0.2) is 0 Å². The minimum absolute atomic E-state index is 0.0955. The molecule has 3 fully saturated rings. The normalized spacial score (nSPS) is 49.7. The number of allylic oxidation sites excluding steroid dienone is 2. The predicted octanol–water partition coefficient (Wildman–Crippen LogP) is 5.21. The number of fused-ring (bicyclic) bond motifs is 5. The molecule has 0 saturated heterocycles. The Balaban J connectivity index is 1.75. The smallest absolute Gasteiger partial charge is 0.139 e. The molecule has 0 bridgehead atoms. The van der Waals surface area contributed by atoms with Crippen molar-refractivity contribution >= 4 is 5.78 Å². The van der Waals surface area contributed by atoms with Gasteiger partial charge in [-0.3, -0.25) is 4.79 Å². The van der Waals surface area contributed by atoms with Crippen molar-refractivity contribution in [3.8, 4) is 0 Å². The number of carbonyl (C=O) groups excluding carboxylic acids is 1. The Labute approximate surface area is 127 Å². The van der Waals surface area contributed by atoms with E-state index in [-0.39, 0.29) is 16.7 Å². The van der Waals surface area contributed by atoms with Crippen LogP contribution in [0, 0.1) is 28.6 Å². The van der Waals surface area contributed by atoms with Crippen LogP contribution in [-0.4, -0.2) is 5.78 Å². The van der Waals surface area contributed by atoms with E-state index in [0.29, 0.717) is 30.0 Å². The van der Waals surface area contributed by atoms with Crippen LogP contribution in [0.5, 0.6) is 0 Å². The number of halogens is 1. The molecular formula is C19H27FO. The highest BCUT2D eigenvalue weighted by molar-refractivity contribution is 5.87. The molecule has 0 radical (unpaired) electrons. The van der Waals surface area contributed by atoms with E-state index in [0.717, 1.165) is 50.5 Å². The number of ketones is 1. The molecule has 0 aromatic carbocycles. The van der Waals surface area contributed by atoms with Gasteiger partial charge in [0.25, 0.3) is 0 Å². The van der Waals surface area contributed by atoms with Gasteiger partial charge in [0, 0.05) is 18.3 Å². The molecule has 4 aliphatic rings. The van der Waals surface area contributed by atoms with Crippen molar-refractivity contribution in [2.24, 2.45) is 28.6 Å². The summed E-state index contributed by atoms with van der Waals surface area (Å²) in [7, 11) is 0. The van der Waals surface area contributed by atoms with Gasteiger partial charge in [-0.15, -0.1) is 0 Å². The summed E-state index contributed by atoms with van der Waals surface area (Å²) < 4.78 is 14.8. The van der Waals surface area contributed by atoms with Gasteiger partial charge in [-0.1, -0.05) is 20.3 Å². The monoisotopic (exact) mass is 290 g/mol. The molecule has 0 amide bonds. The molecule has 0 aromatic heterocycles. The molecule has 4 rings (SSSR count). The first-order chi connectivity index (χ1) is 9.97. The molecule has 4 aliphatic carbocycles. The van der Waals surface area contributed by atoms with Crippen LogP contribution in [0.15, 0.2) is 11.4 Å². The maximum Gasteiger partial charge on any atom is 0.139 e. The lowest BCUT2D eigenvalue weighted by Crippen LogP contribution is -2.50. The first-order valence-corrected chi connectivity index (χ1v) is 8.88. The molecule has 3 saturated carbocycles. The molecule has 0 N–H and O–H groups in total. The summed E-state index contributed by atoms with van der Waals surface area (Å²) in [6, 6.07) is 0. The molecule has 5 atom stereocenters. The largest absolute Gasteiger partial charge is 0.299 e. The van der Waals surface area contributed by atoms with Crippen molar-refractivity contribution < 1.29 is 9.18 Å². The minimum Gasteiger partial charge on any atom is -0.299 e. The summed E-state index contributed by atoms with van der Waals surface area (Å²) in [5, 5.41) is 0. The summed E-state index contributed by atoms with van der Waals surface area (Å²) in [6.45, 7) is 4.50. The van der Waals surface area contributed by atoms with Crippen LogP contribution >= 0.6 is 0 Å². The Kier molecular flexibility index (Phi) is 2.94. The fraction of sp³-hybridized carbons (Fsp3) is 0.842. The minimum atomic E-state index is -0.135. The lowest BCUT2D eigenvalue weighted by Gasteiger charge is -2.56. The van der Waals surface area contributed by atoms with E-state index in [2.05, 4.69) is 13.8 Å². The van der Waals surface area contributed by atoms with Crippen LogP contribution < -0.4 is 0 Å². The Bertz CT molecular complexity index is 522. The first-order valence-electron chi connectivity index (χ1n) is 8.88. The van der Waals surface area contributed by atoms with Gasteiger partial charge in [0.1, 0.15) is 5.78 Å². The Hall–Kier alpha value is -0.660. The molecular weight excluding hydrogens is 263 g/mol. The second-order valence-electron chi connectivity index (χ2n) is 8.51. The first kappa shape index (κ1) is 14.0. The summed E-state index contributed by atoms with van der Waals surface area (Å²) in [5.74, 6) is 2.13. The number of carbonyl (C=O) groups is 1. The summed E-state index contributed by atoms with van der Waals surface area (Å²) in [5.41, 5.74) is 1.12. The fourth-order valence-corrected chi connectivity index (χ4v) is 6.55. The van der Waals surface area contributed by atoms with Gasteiger partial charge in [-0.25, -0.2) is 4.39 Å². The summed E-state index contributed by atoms with van der Waals surface area (Å²) >= 11 is 0. The Morgan fingerprint density at radius 3 is 2.57 bits per heavy atom. The van der Waals surface area contributed by atoms with Crippen molar-refractivity contribution in [3.05, 3.63) is 11.4 Å². The van der Waals surface area contributed by atoms with E-state index in [4.69, 9.17) is 0 Å². The molecule has 1 nitrogen and oxygen atoms in total. The second-order valence-corrected chi connectivity index (χ2v) is 8.51. The maximum absolute atomic E-state index is 14.8. The van der Waals surface area contributed by atoms with Crippen LogP contribution in [0.4, 0.5) is 4.39 Å². The van der Waals surface area contributed by atoms with E-state index in [1.807, 2.05) is 0 Å². The summed E-state index contributed by atoms with van der Waals surface area (Å²) in [4.78, 5) is 12.3. The van der Waals surface area contributed by atoms with Gasteiger partial charge in [-0.2, -0.15) is 0 Å². The molecule has 21 heavy (non-hydrogen) atoms. The topological polar surface area (TPSA) is 17.1 Å². The molecule has 0 spiro atoms. The van der Waals surface area contributed by atoms with Crippen molar-refractivity contribution in [2.75, 3.05) is 0 Å². The van der Waals surface area contributed by atoms with Gasteiger partial charge in [-0.05, 0) is 67.3 Å². The van der Waals surface area contributed by atoms with Gasteiger partial charge in [0.2, 0.25) is 0 Å². The fourth-order valence-electron chi connectivity index (χ4n) is 6.55. The third-order valence-corrected chi connectivity index (χ3v) is 7.77. The average Bonchev–Trinajstić information content (AvgIpc) is 2.75. The third kappa shape index (κ3) is 1.71. The van der Waals surface area contributed by atoms with Crippen molar-refractivity contribution in [1.82, 2.24) is 0 Å². The molecule has 0 aliphatic heterocycles. The highest BCUT2D eigenvalue weighted by Gasteiger charge is 2.59. The van der Waals surface area contributed by atoms with E-state index in [9.17, 15) is 9.18 Å². The van der Waals surface area contributed by atoms with Crippen LogP contribution in [0.25, 0.3) is 0 Å². The van der Waals surface area contributed by atoms with Crippen LogP contribution in [0.2, 0.25) is 0 Å². The maximum atomic E-state index is 14.8. The van der Waals surface area contributed by atoms with Crippen LogP contribution in [0.3, 0.4) is 0 Å². The average molecular weight is 290 g/mol. The number of hydrogen-bond donors (Lipinski definition) is 0. The standard InChI is InChI=1S/C19H27FO/c1-18-9-4-3-5-15(18)16(20)11-12-13-6-7-17(21)19(13,2)10-8-14(12)18/h12-14H,3-11H2,1-2H3/t12-,13-,14-,18+,19-/m1/s1. The van der Waals surface area contributed by atoms with E-state index < -0.39 is 0 Å². The second kappa shape index (κ2) is 4.43. The van der Waals surface area contributed by atoms with Crippen molar-refractivity contribution in [2.45, 2.75) is 71.6 Å². The highest BCUT2D eigenvalue weighted by atomic mass is 19.1. The van der Waals surface area contributed by atoms with E-state index in [1.165, 1.54) is 6.42 Å². The molecule has 116 valence electrons. The lowest BCUT2D eigenvalue weighted by atomic mass is 9.48. The zero-order valence-corrected chi connectivity index (χ0v) is 13.4.